The Kier molecular flexibility index (Phi) is 5.55. The van der Waals surface area contributed by atoms with E-state index in [1.54, 1.807) is 18.4 Å². The highest BCUT2D eigenvalue weighted by molar-refractivity contribution is 9.10. The van der Waals surface area contributed by atoms with Gasteiger partial charge in [0, 0.05) is 47.8 Å². The zero-order valence-electron chi connectivity index (χ0n) is 13.0. The van der Waals surface area contributed by atoms with E-state index in [2.05, 4.69) is 42.6 Å². The van der Waals surface area contributed by atoms with Crippen LogP contribution in [0.25, 0.3) is 0 Å². The van der Waals surface area contributed by atoms with Crippen molar-refractivity contribution in [2.75, 3.05) is 44.7 Å². The van der Waals surface area contributed by atoms with Crippen LogP contribution in [-0.4, -0.2) is 49.7 Å². The first-order valence-electron chi connectivity index (χ1n) is 7.45. The molecule has 4 nitrogen and oxygen atoms in total. The number of aromatic nitrogens is 1. The molecular formula is C17H18BrN3OS. The zero-order valence-corrected chi connectivity index (χ0v) is 15.4. The number of nitrogens with zero attached hydrogens (tertiary/aromatic N) is 3. The van der Waals surface area contributed by atoms with Crippen molar-refractivity contribution in [2.24, 2.45) is 0 Å². The first-order valence-corrected chi connectivity index (χ1v) is 9.13. The zero-order chi connectivity index (χ0) is 16.1. The predicted molar refractivity (Wildman–Crippen MR) is 98.3 cm³/mol. The highest BCUT2D eigenvalue weighted by Gasteiger charge is 2.17. The lowest BCUT2D eigenvalue weighted by Gasteiger charge is -2.33. The van der Waals surface area contributed by atoms with Crippen LogP contribution < -0.4 is 9.64 Å². The van der Waals surface area contributed by atoms with Crippen molar-refractivity contribution >= 4 is 32.4 Å². The predicted octanol–water partition coefficient (Wildman–Crippen LogP) is 3.09. The van der Waals surface area contributed by atoms with Gasteiger partial charge in [0.25, 0.3) is 0 Å². The van der Waals surface area contributed by atoms with Crippen LogP contribution in [0, 0.1) is 11.8 Å². The first-order chi connectivity index (χ1) is 11.3. The molecule has 0 saturated carbocycles. The van der Waals surface area contributed by atoms with Crippen LogP contribution in [0.1, 0.15) is 5.56 Å². The molecule has 1 aromatic heterocycles. The van der Waals surface area contributed by atoms with Gasteiger partial charge in [-0.3, -0.25) is 4.90 Å². The lowest BCUT2D eigenvalue weighted by atomic mass is 10.2. The fourth-order valence-corrected chi connectivity index (χ4v) is 3.49. The van der Waals surface area contributed by atoms with Gasteiger partial charge in [-0.25, -0.2) is 4.98 Å². The molecule has 120 valence electrons. The molecule has 0 radical (unpaired) electrons. The van der Waals surface area contributed by atoms with Crippen LogP contribution in [0.15, 0.2) is 34.2 Å². The third-order valence-electron chi connectivity index (χ3n) is 3.76. The first kappa shape index (κ1) is 16.3. The highest BCUT2D eigenvalue weighted by atomic mass is 79.9. The lowest BCUT2D eigenvalue weighted by Crippen LogP contribution is -2.46. The fourth-order valence-electron chi connectivity index (χ4n) is 2.44. The molecule has 1 aliphatic heterocycles. The van der Waals surface area contributed by atoms with Gasteiger partial charge in [-0.1, -0.05) is 11.8 Å². The molecule has 1 aliphatic rings. The molecule has 0 aliphatic carbocycles. The Morgan fingerprint density at radius 2 is 2.13 bits per heavy atom. The third-order valence-corrected chi connectivity index (χ3v) is 5.29. The number of anilines is 1. The van der Waals surface area contributed by atoms with E-state index in [-0.39, 0.29) is 0 Å². The van der Waals surface area contributed by atoms with E-state index in [0.717, 1.165) is 53.6 Å². The van der Waals surface area contributed by atoms with Crippen LogP contribution >= 0.6 is 27.3 Å². The molecule has 0 N–H and O–H groups in total. The Labute approximate surface area is 149 Å². The van der Waals surface area contributed by atoms with Gasteiger partial charge in [0.05, 0.1) is 13.7 Å². The third kappa shape index (κ3) is 4.25. The van der Waals surface area contributed by atoms with Crippen LogP contribution in [0.5, 0.6) is 5.75 Å². The maximum absolute atomic E-state index is 5.24. The van der Waals surface area contributed by atoms with Gasteiger partial charge in [-0.05, 0) is 34.1 Å². The average molecular weight is 392 g/mol. The molecule has 0 atom stereocenters. The SMILES string of the molecule is COc1ccc(Br)c(C#CCN2CCN(c3nccs3)CC2)c1. The highest BCUT2D eigenvalue weighted by Crippen LogP contribution is 2.21. The van der Waals surface area contributed by atoms with Gasteiger partial charge in [0.1, 0.15) is 5.75 Å². The van der Waals surface area contributed by atoms with Crippen LogP contribution in [0.2, 0.25) is 0 Å². The minimum absolute atomic E-state index is 0.787. The summed E-state index contributed by atoms with van der Waals surface area (Å²) in [6.45, 7) is 4.85. The van der Waals surface area contributed by atoms with E-state index < -0.39 is 0 Å². The molecule has 0 amide bonds. The molecule has 1 saturated heterocycles. The topological polar surface area (TPSA) is 28.6 Å². The smallest absolute Gasteiger partial charge is 0.185 e. The van der Waals surface area contributed by atoms with Crippen LogP contribution in [0.4, 0.5) is 5.13 Å². The van der Waals surface area contributed by atoms with Crippen molar-refractivity contribution in [3.8, 4) is 17.6 Å². The Hall–Kier alpha value is -1.55. The molecule has 1 aromatic carbocycles. The van der Waals surface area contributed by atoms with Crippen molar-refractivity contribution < 1.29 is 4.74 Å². The number of piperazine rings is 1. The number of halogens is 1. The number of ether oxygens (including phenoxy) is 1. The van der Waals surface area contributed by atoms with Crippen molar-refractivity contribution in [1.82, 2.24) is 9.88 Å². The van der Waals surface area contributed by atoms with E-state index in [1.165, 1.54) is 0 Å². The maximum atomic E-state index is 5.24. The summed E-state index contributed by atoms with van der Waals surface area (Å²) < 4.78 is 6.24. The number of rotatable bonds is 3. The molecule has 6 heteroatoms. The molecule has 3 rings (SSSR count). The summed E-state index contributed by atoms with van der Waals surface area (Å²) in [5, 5.41) is 3.15. The quantitative estimate of drug-likeness (QED) is 0.751. The van der Waals surface area contributed by atoms with Gasteiger partial charge < -0.3 is 9.64 Å². The van der Waals surface area contributed by atoms with E-state index in [9.17, 15) is 0 Å². The normalized spacial score (nSPS) is 15.1. The maximum Gasteiger partial charge on any atom is 0.185 e. The number of benzene rings is 1. The van der Waals surface area contributed by atoms with E-state index >= 15 is 0 Å². The molecule has 0 spiro atoms. The Morgan fingerprint density at radius 1 is 1.30 bits per heavy atom. The second-order valence-electron chi connectivity index (χ2n) is 5.23. The van der Waals surface area contributed by atoms with Gasteiger partial charge in [0.2, 0.25) is 0 Å². The summed E-state index contributed by atoms with van der Waals surface area (Å²) in [6, 6.07) is 5.85. The minimum atomic E-state index is 0.787. The molecule has 2 aromatic rings. The van der Waals surface area contributed by atoms with Crippen LogP contribution in [-0.2, 0) is 0 Å². The molecule has 1 fully saturated rings. The Bertz CT molecular complexity index is 700. The van der Waals surface area contributed by atoms with E-state index in [1.807, 2.05) is 29.8 Å². The lowest BCUT2D eigenvalue weighted by molar-refractivity contribution is 0.288. The summed E-state index contributed by atoms with van der Waals surface area (Å²) in [4.78, 5) is 9.09. The number of methoxy groups -OCH3 is 1. The molecule has 23 heavy (non-hydrogen) atoms. The van der Waals surface area contributed by atoms with Gasteiger partial charge in [0.15, 0.2) is 5.13 Å². The number of hydrogen-bond acceptors (Lipinski definition) is 5. The van der Waals surface area contributed by atoms with Crippen molar-refractivity contribution in [1.29, 1.82) is 0 Å². The van der Waals surface area contributed by atoms with Gasteiger partial charge >= 0.3 is 0 Å². The second kappa shape index (κ2) is 7.82. The van der Waals surface area contributed by atoms with Crippen molar-refractivity contribution in [3.63, 3.8) is 0 Å². The monoisotopic (exact) mass is 391 g/mol. The molecular weight excluding hydrogens is 374 g/mol. The molecule has 0 bridgehead atoms. The Balaban J connectivity index is 1.54. The standard InChI is InChI=1S/C17H18BrN3OS/c1-22-15-4-5-16(18)14(13-15)3-2-7-20-8-10-21(11-9-20)17-19-6-12-23-17/h4-6,12-13H,7-11H2,1H3. The second-order valence-corrected chi connectivity index (χ2v) is 6.95. The van der Waals surface area contributed by atoms with Gasteiger partial charge in [-0.2, -0.15) is 0 Å². The molecule has 0 unspecified atom stereocenters. The van der Waals surface area contributed by atoms with E-state index in [0.29, 0.717) is 0 Å². The largest absolute Gasteiger partial charge is 0.497 e. The number of hydrogen-bond donors (Lipinski definition) is 0. The average Bonchev–Trinajstić information content (AvgIpc) is 3.12. The van der Waals surface area contributed by atoms with Crippen LogP contribution in [0.3, 0.4) is 0 Å². The fraction of sp³-hybridized carbons (Fsp3) is 0.353. The number of thiazole rings is 1. The summed E-state index contributed by atoms with van der Waals surface area (Å²) in [5.74, 6) is 7.33. The van der Waals surface area contributed by atoms with E-state index in [4.69, 9.17) is 4.74 Å². The summed E-state index contributed by atoms with van der Waals surface area (Å²) in [6.07, 6.45) is 1.86. The summed E-state index contributed by atoms with van der Waals surface area (Å²) in [5.41, 5.74) is 0.964. The van der Waals surface area contributed by atoms with Crippen molar-refractivity contribution in [3.05, 3.63) is 39.8 Å². The minimum Gasteiger partial charge on any atom is -0.497 e. The van der Waals surface area contributed by atoms with Gasteiger partial charge in [-0.15, -0.1) is 11.3 Å². The van der Waals surface area contributed by atoms with Crippen molar-refractivity contribution in [2.45, 2.75) is 0 Å². The Morgan fingerprint density at radius 3 is 2.83 bits per heavy atom. The summed E-state index contributed by atoms with van der Waals surface area (Å²) >= 11 is 5.23. The summed E-state index contributed by atoms with van der Waals surface area (Å²) in [7, 11) is 1.67. The molecule has 2 heterocycles.